The molecule has 3 unspecified atom stereocenters. The summed E-state index contributed by atoms with van der Waals surface area (Å²) in [6.07, 6.45) is -4.42. The van der Waals surface area contributed by atoms with Crippen LogP contribution in [0.1, 0.15) is 23.8 Å². The number of benzene rings is 1. The summed E-state index contributed by atoms with van der Waals surface area (Å²) in [4.78, 5) is 6.40. The van der Waals surface area contributed by atoms with Crippen LogP contribution in [0.2, 0.25) is 0 Å². The Bertz CT molecular complexity index is 1010. The normalized spacial score (nSPS) is 21.2. The molecular formula is C21H23F3N4OS. The number of aromatic nitrogens is 1. The number of hydrogen-bond donors (Lipinski definition) is 3. The molecule has 1 fully saturated rings. The van der Waals surface area contributed by atoms with Crippen LogP contribution in [0.5, 0.6) is 0 Å². The predicted molar refractivity (Wildman–Crippen MR) is 113 cm³/mol. The summed E-state index contributed by atoms with van der Waals surface area (Å²) in [7, 11) is 0. The molecule has 4 N–H and O–H groups in total. The highest BCUT2D eigenvalue weighted by Gasteiger charge is 2.33. The maximum atomic E-state index is 12.8. The molecule has 3 heterocycles. The molecule has 2 aromatic heterocycles. The first kappa shape index (κ1) is 21.0. The summed E-state index contributed by atoms with van der Waals surface area (Å²) >= 11 is 1.08. The number of aliphatic hydroxyl groups is 1. The monoisotopic (exact) mass is 436 g/mol. The molecule has 30 heavy (non-hydrogen) atoms. The van der Waals surface area contributed by atoms with E-state index in [1.54, 1.807) is 0 Å². The van der Waals surface area contributed by atoms with Crippen molar-refractivity contribution in [3.8, 4) is 0 Å². The number of thiophene rings is 1. The van der Waals surface area contributed by atoms with E-state index in [1.165, 1.54) is 6.07 Å². The van der Waals surface area contributed by atoms with Gasteiger partial charge in [0, 0.05) is 42.5 Å². The quantitative estimate of drug-likeness (QED) is 0.571. The molecule has 0 radical (unpaired) electrons. The molecule has 0 saturated carbocycles. The Morgan fingerprint density at radius 1 is 1.27 bits per heavy atom. The van der Waals surface area contributed by atoms with E-state index in [9.17, 15) is 18.3 Å². The molecule has 5 nitrogen and oxygen atoms in total. The summed E-state index contributed by atoms with van der Waals surface area (Å²) < 4.78 is 38.5. The zero-order chi connectivity index (χ0) is 21.3. The number of hydrogen-bond acceptors (Lipinski definition) is 6. The number of pyridine rings is 1. The second-order valence-corrected chi connectivity index (χ2v) is 8.42. The van der Waals surface area contributed by atoms with Crippen LogP contribution in [0.25, 0.3) is 10.9 Å². The summed E-state index contributed by atoms with van der Waals surface area (Å²) in [5.74, 6) is 0. The number of nitrogens with two attached hydrogens (primary N) is 1. The van der Waals surface area contributed by atoms with Crippen molar-refractivity contribution in [2.45, 2.75) is 30.8 Å². The minimum absolute atomic E-state index is 0.0293. The molecular weight excluding hydrogens is 413 g/mol. The molecule has 160 valence electrons. The Morgan fingerprint density at radius 3 is 2.80 bits per heavy atom. The molecule has 9 heteroatoms. The molecule has 3 atom stereocenters. The number of halogens is 3. The molecule has 3 aromatic rings. The Kier molecular flexibility index (Phi) is 5.97. The number of alkyl halides is 3. The van der Waals surface area contributed by atoms with Gasteiger partial charge in [0.2, 0.25) is 0 Å². The Balaban J connectivity index is 1.33. The number of rotatable bonds is 5. The molecule has 0 spiro atoms. The van der Waals surface area contributed by atoms with Gasteiger partial charge in [-0.25, -0.2) is 0 Å². The van der Waals surface area contributed by atoms with Crippen molar-refractivity contribution < 1.29 is 18.3 Å². The van der Waals surface area contributed by atoms with E-state index >= 15 is 0 Å². The van der Waals surface area contributed by atoms with E-state index in [-0.39, 0.29) is 12.1 Å². The van der Waals surface area contributed by atoms with Crippen molar-refractivity contribution in [3.05, 3.63) is 59.1 Å². The fourth-order valence-electron chi connectivity index (χ4n) is 3.71. The molecule has 1 aromatic carbocycles. The number of piperidine rings is 1. The Morgan fingerprint density at radius 2 is 2.07 bits per heavy atom. The van der Waals surface area contributed by atoms with Gasteiger partial charge in [0.05, 0.1) is 21.8 Å². The summed E-state index contributed by atoms with van der Waals surface area (Å²) in [5.41, 5.74) is 7.07. The molecule has 1 aliphatic heterocycles. The van der Waals surface area contributed by atoms with E-state index in [2.05, 4.69) is 10.3 Å². The van der Waals surface area contributed by atoms with Crippen molar-refractivity contribution in [3.63, 3.8) is 0 Å². The lowest BCUT2D eigenvalue weighted by atomic mass is 9.99. The number of nitrogens with one attached hydrogen (secondary N) is 1. The number of nitrogens with zero attached hydrogens (tertiary/aromatic N) is 2. The zero-order valence-corrected chi connectivity index (χ0v) is 17.0. The van der Waals surface area contributed by atoms with Gasteiger partial charge >= 0.3 is 6.18 Å². The lowest BCUT2D eigenvalue weighted by molar-refractivity contribution is -0.137. The van der Waals surface area contributed by atoms with Crippen LogP contribution >= 0.6 is 11.3 Å². The van der Waals surface area contributed by atoms with E-state index < -0.39 is 17.8 Å². The van der Waals surface area contributed by atoms with Gasteiger partial charge in [0.25, 0.3) is 0 Å². The maximum absolute atomic E-state index is 12.8. The molecule has 1 saturated heterocycles. The standard InChI is InChI=1S/C21H23F3N4OS/c22-21(23,24)14-9-20(30-12-14)28-8-7-17(15(25)11-28)26-10-19(29)18-6-5-13-3-1-2-4-16(13)27-18/h1-6,9,12,15,17,19,26,29H,7-8,10-11,25H2. The van der Waals surface area contributed by atoms with Gasteiger partial charge in [-0.05, 0) is 24.6 Å². The van der Waals surface area contributed by atoms with Gasteiger partial charge in [-0.3, -0.25) is 4.98 Å². The van der Waals surface area contributed by atoms with Crippen LogP contribution in [0, 0.1) is 0 Å². The van der Waals surface area contributed by atoms with Crippen LogP contribution in [-0.4, -0.2) is 41.8 Å². The maximum Gasteiger partial charge on any atom is 0.417 e. The highest BCUT2D eigenvalue weighted by atomic mass is 32.1. The van der Waals surface area contributed by atoms with Crippen LogP contribution in [-0.2, 0) is 6.18 Å². The van der Waals surface area contributed by atoms with Crippen LogP contribution in [0.15, 0.2) is 47.8 Å². The Labute approximate surface area is 176 Å². The average molecular weight is 437 g/mol. The topological polar surface area (TPSA) is 74.4 Å². The van der Waals surface area contributed by atoms with Gasteiger partial charge in [0.1, 0.15) is 6.10 Å². The molecule has 0 bridgehead atoms. The number of fused-ring (bicyclic) bond motifs is 1. The van der Waals surface area contributed by atoms with Gasteiger partial charge in [-0.1, -0.05) is 24.3 Å². The number of anilines is 1. The van der Waals surface area contributed by atoms with E-state index in [0.717, 1.165) is 27.6 Å². The number of aliphatic hydroxyl groups excluding tert-OH is 1. The highest BCUT2D eigenvalue weighted by molar-refractivity contribution is 7.14. The van der Waals surface area contributed by atoms with E-state index in [1.807, 2.05) is 41.3 Å². The van der Waals surface area contributed by atoms with Crippen molar-refractivity contribution in [2.75, 3.05) is 24.5 Å². The third-order valence-electron chi connectivity index (χ3n) is 5.42. The largest absolute Gasteiger partial charge is 0.417 e. The third-order valence-corrected chi connectivity index (χ3v) is 6.41. The highest BCUT2D eigenvalue weighted by Crippen LogP contribution is 2.36. The average Bonchev–Trinajstić information content (AvgIpc) is 3.23. The fraction of sp³-hybridized carbons (Fsp3) is 0.381. The van der Waals surface area contributed by atoms with E-state index in [4.69, 9.17) is 5.73 Å². The molecule has 4 rings (SSSR count). The summed E-state index contributed by atoms with van der Waals surface area (Å²) in [6.45, 7) is 1.37. The zero-order valence-electron chi connectivity index (χ0n) is 16.1. The van der Waals surface area contributed by atoms with Crippen molar-refractivity contribution in [1.82, 2.24) is 10.3 Å². The van der Waals surface area contributed by atoms with Crippen molar-refractivity contribution >= 4 is 27.2 Å². The second kappa shape index (κ2) is 8.50. The fourth-order valence-corrected chi connectivity index (χ4v) is 4.67. The second-order valence-electron chi connectivity index (χ2n) is 7.53. The van der Waals surface area contributed by atoms with Crippen LogP contribution < -0.4 is 16.0 Å². The van der Waals surface area contributed by atoms with Gasteiger partial charge in [-0.2, -0.15) is 13.2 Å². The van der Waals surface area contributed by atoms with Gasteiger partial charge in [-0.15, -0.1) is 11.3 Å². The van der Waals surface area contributed by atoms with Crippen LogP contribution in [0.4, 0.5) is 18.2 Å². The van der Waals surface area contributed by atoms with Crippen molar-refractivity contribution in [1.29, 1.82) is 0 Å². The minimum Gasteiger partial charge on any atom is -0.385 e. The first-order valence-corrected chi connectivity index (χ1v) is 10.6. The smallest absolute Gasteiger partial charge is 0.385 e. The number of para-hydroxylation sites is 1. The van der Waals surface area contributed by atoms with Gasteiger partial charge < -0.3 is 21.1 Å². The van der Waals surface area contributed by atoms with Gasteiger partial charge in [0.15, 0.2) is 0 Å². The molecule has 0 aliphatic carbocycles. The SMILES string of the molecule is NC1CN(c2cc(C(F)(F)F)cs2)CCC1NCC(O)c1ccc2ccccc2n1. The minimum atomic E-state index is -4.33. The van der Waals surface area contributed by atoms with Crippen LogP contribution in [0.3, 0.4) is 0 Å². The Hall–Kier alpha value is -2.20. The first-order chi connectivity index (χ1) is 14.3. The predicted octanol–water partition coefficient (Wildman–Crippen LogP) is 3.54. The summed E-state index contributed by atoms with van der Waals surface area (Å²) in [5, 5.41) is 16.6. The lowest BCUT2D eigenvalue weighted by Gasteiger charge is -2.38. The summed E-state index contributed by atoms with van der Waals surface area (Å²) in [6, 6.07) is 12.4. The molecule has 1 aliphatic rings. The first-order valence-electron chi connectivity index (χ1n) is 9.74. The van der Waals surface area contributed by atoms with E-state index in [0.29, 0.717) is 36.8 Å². The van der Waals surface area contributed by atoms with Crippen molar-refractivity contribution in [2.24, 2.45) is 5.73 Å². The lowest BCUT2D eigenvalue weighted by Crippen LogP contribution is -2.57. The molecule has 0 amide bonds. The third kappa shape index (κ3) is 4.59.